The first-order valence-corrected chi connectivity index (χ1v) is 14.5. The molecule has 7 nitrogen and oxygen atoms in total. The molecule has 1 aliphatic rings. The average Bonchev–Trinajstić information content (AvgIpc) is 3.28. The highest BCUT2D eigenvalue weighted by Gasteiger charge is 2.36. The summed E-state index contributed by atoms with van der Waals surface area (Å²) in [7, 11) is 0. The molecule has 0 saturated carbocycles. The Bertz CT molecular complexity index is 1320. The van der Waals surface area contributed by atoms with E-state index in [0.717, 1.165) is 63.3 Å². The number of halogens is 1. The first-order valence-electron chi connectivity index (χ1n) is 12.7. The number of thioether (sulfide) groups is 1. The molecule has 1 atom stereocenters. The number of fused-ring (bicyclic) bond motifs is 1. The van der Waals surface area contributed by atoms with E-state index in [0.29, 0.717) is 23.3 Å². The van der Waals surface area contributed by atoms with Crippen LogP contribution in [0.4, 0.5) is 11.6 Å². The van der Waals surface area contributed by atoms with Gasteiger partial charge in [0.1, 0.15) is 11.8 Å². The quantitative estimate of drug-likeness (QED) is 0.193. The Balaban J connectivity index is 1.82. The number of carbonyl (C=O) groups excluding carboxylic acids is 1. The minimum atomic E-state index is -0.515. The van der Waals surface area contributed by atoms with Gasteiger partial charge in [-0.1, -0.05) is 60.1 Å². The summed E-state index contributed by atoms with van der Waals surface area (Å²) >= 11 is 5.24. The maximum absolute atomic E-state index is 13.9. The lowest BCUT2D eigenvalue weighted by Gasteiger charge is -2.30. The Morgan fingerprint density at radius 3 is 2.76 bits per heavy atom. The Hall–Kier alpha value is -2.78. The molecule has 37 heavy (non-hydrogen) atoms. The van der Waals surface area contributed by atoms with Crippen LogP contribution in [-0.2, 0) is 4.79 Å². The zero-order valence-corrected chi connectivity index (χ0v) is 24.4. The van der Waals surface area contributed by atoms with E-state index in [1.165, 1.54) is 0 Å². The molecule has 0 saturated heterocycles. The van der Waals surface area contributed by atoms with Gasteiger partial charge in [-0.2, -0.15) is 4.98 Å². The first kappa shape index (κ1) is 27.3. The van der Waals surface area contributed by atoms with Crippen LogP contribution in [-0.4, -0.2) is 33.0 Å². The number of aromatic nitrogens is 3. The molecule has 0 radical (unpaired) electrons. The molecular formula is C28H34BrN5O2S. The highest BCUT2D eigenvalue weighted by Crippen LogP contribution is 2.41. The SMILES string of the molecule is CCCCOc1ccc(Br)cc1C1C(C(=O)Nc2cccc(C)c2C)=C(C)Nc2nc(SCCC)nn21. The number of aryl methyl sites for hydroxylation is 1. The van der Waals surface area contributed by atoms with Gasteiger partial charge in [-0.05, 0) is 69.0 Å². The van der Waals surface area contributed by atoms with Gasteiger partial charge < -0.3 is 15.4 Å². The fraction of sp³-hybridized carbons (Fsp3) is 0.393. The van der Waals surface area contributed by atoms with E-state index in [4.69, 9.17) is 14.8 Å². The van der Waals surface area contributed by atoms with Gasteiger partial charge in [-0.15, -0.1) is 5.10 Å². The lowest BCUT2D eigenvalue weighted by atomic mass is 9.94. The molecule has 0 spiro atoms. The van der Waals surface area contributed by atoms with Crippen molar-refractivity contribution in [3.05, 3.63) is 68.8 Å². The summed E-state index contributed by atoms with van der Waals surface area (Å²) in [6.07, 6.45) is 3.00. The zero-order valence-electron chi connectivity index (χ0n) is 22.0. The van der Waals surface area contributed by atoms with Gasteiger partial charge in [0.25, 0.3) is 5.91 Å². The second-order valence-electron chi connectivity index (χ2n) is 9.16. The third-order valence-corrected chi connectivity index (χ3v) is 7.92. The molecule has 3 aromatic rings. The summed E-state index contributed by atoms with van der Waals surface area (Å²) in [5.41, 5.74) is 5.12. The van der Waals surface area contributed by atoms with Gasteiger partial charge in [0.2, 0.25) is 11.1 Å². The molecule has 4 rings (SSSR count). The number of nitrogens with zero attached hydrogens (tertiary/aromatic N) is 3. The van der Waals surface area contributed by atoms with E-state index in [2.05, 4.69) is 40.4 Å². The number of carbonyl (C=O) groups is 1. The van der Waals surface area contributed by atoms with Crippen molar-refractivity contribution in [3.8, 4) is 5.75 Å². The third-order valence-electron chi connectivity index (χ3n) is 6.39. The minimum absolute atomic E-state index is 0.188. The van der Waals surface area contributed by atoms with Crippen molar-refractivity contribution in [3.63, 3.8) is 0 Å². The van der Waals surface area contributed by atoms with Crippen LogP contribution in [0.5, 0.6) is 5.75 Å². The van der Waals surface area contributed by atoms with Crippen molar-refractivity contribution in [2.24, 2.45) is 0 Å². The van der Waals surface area contributed by atoms with Crippen molar-refractivity contribution < 1.29 is 9.53 Å². The van der Waals surface area contributed by atoms with Crippen LogP contribution in [0.25, 0.3) is 0 Å². The Morgan fingerprint density at radius 2 is 2.00 bits per heavy atom. The molecule has 1 unspecified atom stereocenters. The van der Waals surface area contributed by atoms with E-state index in [1.54, 1.807) is 11.8 Å². The highest BCUT2D eigenvalue weighted by atomic mass is 79.9. The fourth-order valence-electron chi connectivity index (χ4n) is 4.23. The second-order valence-corrected chi connectivity index (χ2v) is 11.1. The number of rotatable bonds is 10. The monoisotopic (exact) mass is 583 g/mol. The van der Waals surface area contributed by atoms with E-state index in [1.807, 2.05) is 61.9 Å². The number of unbranched alkanes of at least 4 members (excludes halogenated alkanes) is 1. The standard InChI is InChI=1S/C28H34BrN5O2S/c1-6-8-14-36-23-13-12-20(29)16-21(23)25-24(26(35)31-22-11-9-10-17(3)18(22)4)19(5)30-27-32-28(33-34(25)27)37-15-7-2/h9-13,16,25H,6-8,14-15H2,1-5H3,(H,31,35)(H,30,32,33). The molecule has 1 amide bonds. The van der Waals surface area contributed by atoms with Crippen molar-refractivity contribution >= 4 is 45.2 Å². The lowest BCUT2D eigenvalue weighted by molar-refractivity contribution is -0.113. The molecule has 2 N–H and O–H groups in total. The van der Waals surface area contributed by atoms with E-state index < -0.39 is 6.04 Å². The first-order chi connectivity index (χ1) is 17.8. The number of hydrogen-bond donors (Lipinski definition) is 2. The van der Waals surface area contributed by atoms with Crippen LogP contribution in [0.2, 0.25) is 0 Å². The molecule has 1 aliphatic heterocycles. The van der Waals surface area contributed by atoms with Crippen LogP contribution in [0.3, 0.4) is 0 Å². The molecule has 9 heteroatoms. The van der Waals surface area contributed by atoms with Gasteiger partial charge in [0.15, 0.2) is 0 Å². The van der Waals surface area contributed by atoms with Crippen LogP contribution in [0.15, 0.2) is 57.3 Å². The molecule has 1 aromatic heterocycles. The van der Waals surface area contributed by atoms with Gasteiger partial charge in [-0.25, -0.2) is 4.68 Å². The second kappa shape index (κ2) is 12.2. The van der Waals surface area contributed by atoms with Crippen molar-refractivity contribution in [1.82, 2.24) is 14.8 Å². The van der Waals surface area contributed by atoms with Gasteiger partial charge in [0, 0.05) is 27.2 Å². The minimum Gasteiger partial charge on any atom is -0.493 e. The molecule has 0 bridgehead atoms. The van der Waals surface area contributed by atoms with Crippen LogP contribution >= 0.6 is 27.7 Å². The Morgan fingerprint density at radius 1 is 1.19 bits per heavy atom. The normalized spacial score (nSPS) is 14.8. The summed E-state index contributed by atoms with van der Waals surface area (Å²) < 4.78 is 8.94. The third kappa shape index (κ3) is 6.04. The number of hydrogen-bond acceptors (Lipinski definition) is 6. The summed E-state index contributed by atoms with van der Waals surface area (Å²) in [5, 5.41) is 12.0. The number of benzene rings is 2. The smallest absolute Gasteiger partial charge is 0.255 e. The zero-order chi connectivity index (χ0) is 26.5. The number of ether oxygens (including phenoxy) is 1. The van der Waals surface area contributed by atoms with Gasteiger partial charge >= 0.3 is 0 Å². The maximum atomic E-state index is 13.9. The number of anilines is 2. The molecule has 2 heterocycles. The summed E-state index contributed by atoms with van der Waals surface area (Å²) in [6.45, 7) is 10.8. The topological polar surface area (TPSA) is 81.1 Å². The number of amides is 1. The summed E-state index contributed by atoms with van der Waals surface area (Å²) in [4.78, 5) is 18.7. The molecular weight excluding hydrogens is 550 g/mol. The summed E-state index contributed by atoms with van der Waals surface area (Å²) in [5.74, 6) is 2.08. The average molecular weight is 585 g/mol. The largest absolute Gasteiger partial charge is 0.493 e. The van der Waals surface area contributed by atoms with E-state index in [-0.39, 0.29) is 5.91 Å². The van der Waals surface area contributed by atoms with Gasteiger partial charge in [0.05, 0.1) is 12.2 Å². The lowest BCUT2D eigenvalue weighted by Crippen LogP contribution is -2.32. The maximum Gasteiger partial charge on any atom is 0.255 e. The van der Waals surface area contributed by atoms with Crippen molar-refractivity contribution in [1.29, 1.82) is 0 Å². The molecule has 2 aromatic carbocycles. The fourth-order valence-corrected chi connectivity index (χ4v) is 5.30. The van der Waals surface area contributed by atoms with Crippen molar-refractivity contribution in [2.45, 2.75) is 65.1 Å². The van der Waals surface area contributed by atoms with Gasteiger partial charge in [-0.3, -0.25) is 4.79 Å². The van der Waals surface area contributed by atoms with Crippen molar-refractivity contribution in [2.75, 3.05) is 23.0 Å². The predicted molar refractivity (Wildman–Crippen MR) is 155 cm³/mol. The molecule has 0 aliphatic carbocycles. The van der Waals surface area contributed by atoms with Crippen LogP contribution in [0, 0.1) is 13.8 Å². The highest BCUT2D eigenvalue weighted by molar-refractivity contribution is 9.10. The van der Waals surface area contributed by atoms with Crippen LogP contribution in [0.1, 0.15) is 62.8 Å². The molecule has 196 valence electrons. The molecule has 0 fully saturated rings. The predicted octanol–water partition coefficient (Wildman–Crippen LogP) is 7.27. The summed E-state index contributed by atoms with van der Waals surface area (Å²) in [6, 6.07) is 11.3. The number of allylic oxidation sites excluding steroid dienone is 1. The Labute approximate surface area is 231 Å². The van der Waals surface area contributed by atoms with E-state index >= 15 is 0 Å². The van der Waals surface area contributed by atoms with E-state index in [9.17, 15) is 4.79 Å². The van der Waals surface area contributed by atoms with Crippen LogP contribution < -0.4 is 15.4 Å². The Kier molecular flexibility index (Phi) is 8.97. The number of nitrogens with one attached hydrogen (secondary N) is 2.